The molecular weight excluding hydrogens is 687 g/mol. The largest absolute Gasteiger partial charge is 0.357 e. The maximum Gasteiger partial charge on any atom is 0.270 e. The summed E-state index contributed by atoms with van der Waals surface area (Å²) >= 11 is 1.43. The molecule has 0 bridgehead atoms. The van der Waals surface area contributed by atoms with Gasteiger partial charge in [-0.3, -0.25) is 24.1 Å². The number of Topliss-reactive ketones (excluding diaryl/α,β-unsaturated/α-hetero) is 2. The van der Waals surface area contributed by atoms with Gasteiger partial charge in [-0.1, -0.05) is 90.8 Å². The smallest absolute Gasteiger partial charge is 0.270 e. The van der Waals surface area contributed by atoms with Gasteiger partial charge >= 0.3 is 0 Å². The zero-order valence-electron chi connectivity index (χ0n) is 33.2. The number of hydrogen-bond acceptors (Lipinski definition) is 9. The highest BCUT2D eigenvalue weighted by Crippen LogP contribution is 2.32. The van der Waals surface area contributed by atoms with Crippen molar-refractivity contribution >= 4 is 34.7 Å². The van der Waals surface area contributed by atoms with Crippen molar-refractivity contribution in [2.75, 3.05) is 33.5 Å². The lowest BCUT2D eigenvalue weighted by molar-refractivity contribution is -0.150. The fraction of sp³-hybridized carbons (Fsp3) is 0.643. The Kier molecular flexibility index (Phi) is 18.5. The Hall–Kier alpha value is -3.25. The average molecular weight is 752 g/mol. The standard InChI is InChI=1S/C42H65N5O5S/c1-9-20-52-27-47(42(51)34(29(5)10-2)24-38(48)36-18-14-15-19-46(36)8)37(28(3)4)22-31(7)41-45-35(26-53-41)40(50)44-33(21-30(6)39(49)25-43)23-32-16-12-11-13-17-32/h9,11-13,16-17,26,28-31,33-34,36-37H,1,10,14-15,18-25,27,43H2,2-8H3,(H,44,50)/t29?,30-,31+,33+,34-,36+,37?/m0/s1. The van der Waals surface area contributed by atoms with Crippen LogP contribution in [-0.4, -0.2) is 89.8 Å². The maximum absolute atomic E-state index is 14.6. The first kappa shape index (κ1) is 44.1. The zero-order valence-corrected chi connectivity index (χ0v) is 34.0. The van der Waals surface area contributed by atoms with Gasteiger partial charge < -0.3 is 20.7 Å². The number of rotatable bonds is 23. The van der Waals surface area contributed by atoms with Gasteiger partial charge in [-0.25, -0.2) is 4.98 Å². The Bertz CT molecular complexity index is 1460. The van der Waals surface area contributed by atoms with Crippen LogP contribution in [0, 0.1) is 23.7 Å². The molecule has 1 saturated heterocycles. The third kappa shape index (κ3) is 13.2. The second kappa shape index (κ2) is 22.2. The highest BCUT2D eigenvalue weighted by Gasteiger charge is 2.38. The summed E-state index contributed by atoms with van der Waals surface area (Å²) in [4.78, 5) is 63.0. The number of amides is 2. The Morgan fingerprint density at radius 2 is 1.83 bits per heavy atom. The molecule has 2 heterocycles. The van der Waals surface area contributed by atoms with Crippen LogP contribution in [0.15, 0.2) is 48.4 Å². The van der Waals surface area contributed by atoms with Crippen LogP contribution in [0.2, 0.25) is 0 Å². The molecule has 10 nitrogen and oxygen atoms in total. The molecule has 3 rings (SSSR count). The molecule has 3 N–H and O–H groups in total. The molecule has 2 unspecified atom stereocenters. The van der Waals surface area contributed by atoms with E-state index in [9.17, 15) is 19.2 Å². The first-order chi connectivity index (χ1) is 25.3. The van der Waals surface area contributed by atoms with Crippen molar-refractivity contribution in [3.63, 3.8) is 0 Å². The van der Waals surface area contributed by atoms with Crippen LogP contribution < -0.4 is 11.1 Å². The number of aromatic nitrogens is 1. The van der Waals surface area contributed by atoms with Gasteiger partial charge in [0, 0.05) is 41.6 Å². The minimum Gasteiger partial charge on any atom is -0.357 e. The van der Waals surface area contributed by atoms with Gasteiger partial charge in [0.2, 0.25) is 5.91 Å². The molecule has 11 heteroatoms. The van der Waals surface area contributed by atoms with E-state index in [0.717, 1.165) is 42.8 Å². The molecule has 0 spiro atoms. The van der Waals surface area contributed by atoms with Crippen LogP contribution in [-0.2, 0) is 25.5 Å². The van der Waals surface area contributed by atoms with E-state index in [1.807, 2.05) is 49.2 Å². The molecule has 0 radical (unpaired) electrons. The van der Waals surface area contributed by atoms with Crippen molar-refractivity contribution < 1.29 is 23.9 Å². The van der Waals surface area contributed by atoms with Gasteiger partial charge in [-0.15, -0.1) is 17.9 Å². The van der Waals surface area contributed by atoms with Crippen molar-refractivity contribution in [2.45, 2.75) is 117 Å². The molecule has 0 saturated carbocycles. The maximum atomic E-state index is 14.6. The lowest BCUT2D eigenvalue weighted by Crippen LogP contribution is -2.50. The van der Waals surface area contributed by atoms with Crippen molar-refractivity contribution in [1.82, 2.24) is 20.1 Å². The van der Waals surface area contributed by atoms with Gasteiger partial charge in [0.15, 0.2) is 5.78 Å². The zero-order chi connectivity index (χ0) is 39.1. The van der Waals surface area contributed by atoms with E-state index in [2.05, 4.69) is 51.4 Å². The fourth-order valence-electron chi connectivity index (χ4n) is 7.37. The van der Waals surface area contributed by atoms with Crippen LogP contribution in [0.3, 0.4) is 0 Å². The Balaban J connectivity index is 1.81. The van der Waals surface area contributed by atoms with E-state index in [4.69, 9.17) is 15.5 Å². The lowest BCUT2D eigenvalue weighted by Gasteiger charge is -2.39. The average Bonchev–Trinajstić information content (AvgIpc) is 3.65. The third-order valence-corrected chi connectivity index (χ3v) is 12.0. The Labute approximate surface area is 322 Å². The van der Waals surface area contributed by atoms with Crippen LogP contribution in [0.4, 0.5) is 0 Å². The molecule has 0 aliphatic carbocycles. The van der Waals surface area contributed by atoms with Gasteiger partial charge in [0.25, 0.3) is 5.91 Å². The number of likely N-dealkylation sites (tertiary alicyclic amines) is 1. The number of hydrogen-bond donors (Lipinski definition) is 2. The lowest BCUT2D eigenvalue weighted by atomic mass is 9.82. The summed E-state index contributed by atoms with van der Waals surface area (Å²) in [6.45, 7) is 17.3. The van der Waals surface area contributed by atoms with Gasteiger partial charge in [-0.2, -0.15) is 0 Å². The molecule has 1 aliphatic rings. The number of likely N-dealkylation sites (N-methyl/N-ethyl adjacent to an activating group) is 1. The van der Waals surface area contributed by atoms with Gasteiger partial charge in [-0.05, 0) is 63.1 Å². The van der Waals surface area contributed by atoms with E-state index in [1.165, 1.54) is 11.3 Å². The molecule has 294 valence electrons. The summed E-state index contributed by atoms with van der Waals surface area (Å²) in [5.41, 5.74) is 7.03. The van der Waals surface area contributed by atoms with Crippen molar-refractivity contribution in [3.8, 4) is 0 Å². The van der Waals surface area contributed by atoms with Crippen molar-refractivity contribution in [3.05, 3.63) is 64.6 Å². The van der Waals surface area contributed by atoms with E-state index < -0.39 is 5.92 Å². The highest BCUT2D eigenvalue weighted by molar-refractivity contribution is 7.09. The summed E-state index contributed by atoms with van der Waals surface area (Å²) in [7, 11) is 2.01. The minimum atomic E-state index is -0.450. The van der Waals surface area contributed by atoms with Crippen LogP contribution in [0.5, 0.6) is 0 Å². The number of nitrogens with two attached hydrogens (primary N) is 1. The summed E-state index contributed by atoms with van der Waals surface area (Å²) < 4.78 is 5.95. The first-order valence-corrected chi connectivity index (χ1v) is 20.4. The summed E-state index contributed by atoms with van der Waals surface area (Å²) in [5, 5.41) is 5.73. The predicted octanol–water partition coefficient (Wildman–Crippen LogP) is 6.65. The Morgan fingerprint density at radius 1 is 1.11 bits per heavy atom. The molecule has 2 aromatic rings. The van der Waals surface area contributed by atoms with Crippen molar-refractivity contribution in [2.24, 2.45) is 29.4 Å². The molecule has 1 aliphatic heterocycles. The molecule has 7 atom stereocenters. The topological polar surface area (TPSA) is 135 Å². The van der Waals surface area contributed by atoms with Crippen molar-refractivity contribution in [1.29, 1.82) is 0 Å². The molecule has 1 fully saturated rings. The van der Waals surface area contributed by atoms with E-state index in [-0.39, 0.29) is 84.9 Å². The second-order valence-electron chi connectivity index (χ2n) is 15.4. The first-order valence-electron chi connectivity index (χ1n) is 19.6. The number of carbonyl (C=O) groups is 4. The number of thiazole rings is 1. The van der Waals surface area contributed by atoms with E-state index in [1.54, 1.807) is 11.5 Å². The fourth-order valence-corrected chi connectivity index (χ4v) is 8.24. The van der Waals surface area contributed by atoms with E-state index in [0.29, 0.717) is 31.6 Å². The minimum absolute atomic E-state index is 0.0228. The number of nitrogens with zero attached hydrogens (tertiary/aromatic N) is 3. The molecule has 1 aromatic carbocycles. The SMILES string of the molecule is C=CCOCN(C(=O)[C@@H](CC(=O)[C@H]1CCCCN1C)C(C)CC)C(C[C@@H](C)c1nc(C(=O)N[C@@H](Cc2ccccc2)C[C@H](C)C(=O)CN)cs1)C(C)C. The number of nitrogens with one attached hydrogen (secondary N) is 1. The summed E-state index contributed by atoms with van der Waals surface area (Å²) in [5.74, 6) is -0.920. The number of benzene rings is 1. The second-order valence-corrected chi connectivity index (χ2v) is 16.3. The number of ketones is 2. The van der Waals surface area contributed by atoms with Crippen LogP contribution in [0.25, 0.3) is 0 Å². The third-order valence-electron chi connectivity index (χ3n) is 11.0. The van der Waals surface area contributed by atoms with Crippen LogP contribution in [0.1, 0.15) is 113 Å². The van der Waals surface area contributed by atoms with Crippen LogP contribution >= 0.6 is 11.3 Å². The van der Waals surface area contributed by atoms with Gasteiger partial charge in [0.05, 0.1) is 24.2 Å². The quantitative estimate of drug-likeness (QED) is 0.0733. The summed E-state index contributed by atoms with van der Waals surface area (Å²) in [6, 6.07) is 9.28. The van der Waals surface area contributed by atoms with E-state index >= 15 is 0 Å². The van der Waals surface area contributed by atoms with Gasteiger partial charge in [0.1, 0.15) is 18.2 Å². The molecule has 1 aromatic heterocycles. The predicted molar refractivity (Wildman–Crippen MR) is 214 cm³/mol. The molecular formula is C42H65N5O5S. The normalized spacial score (nSPS) is 18.4. The molecule has 2 amide bonds. The number of piperidine rings is 1. The number of ether oxygens (including phenoxy) is 1. The Morgan fingerprint density at radius 3 is 2.45 bits per heavy atom. The molecule has 53 heavy (non-hydrogen) atoms. The number of carbonyl (C=O) groups excluding carboxylic acids is 4. The monoisotopic (exact) mass is 751 g/mol. The highest BCUT2D eigenvalue weighted by atomic mass is 32.1. The summed E-state index contributed by atoms with van der Waals surface area (Å²) in [6.07, 6.45) is 7.29.